The molecule has 12 nitrogen and oxygen atoms in total. The largest absolute Gasteiger partial charge is 0.492 e. The quantitative estimate of drug-likeness (QED) is 0.0950. The van der Waals surface area contributed by atoms with Crippen molar-refractivity contribution in [1.29, 1.82) is 0 Å². The number of nitrogens with one attached hydrogen (secondary N) is 1. The summed E-state index contributed by atoms with van der Waals surface area (Å²) in [5.74, 6) is -0.398. The summed E-state index contributed by atoms with van der Waals surface area (Å²) in [6.07, 6.45) is 4.62. The van der Waals surface area contributed by atoms with E-state index >= 15 is 0 Å². The molecule has 4 aliphatic heterocycles. The number of anilines is 1. The summed E-state index contributed by atoms with van der Waals surface area (Å²) in [7, 11) is -1.51. The Labute approximate surface area is 357 Å². The van der Waals surface area contributed by atoms with Crippen LogP contribution < -0.4 is 20.4 Å². The zero-order chi connectivity index (χ0) is 42.5. The minimum Gasteiger partial charge on any atom is -0.492 e. The molecule has 8 rings (SSSR count). The van der Waals surface area contributed by atoms with Gasteiger partial charge in [0.2, 0.25) is 11.8 Å². The van der Waals surface area contributed by atoms with Crippen molar-refractivity contribution < 1.29 is 34.0 Å². The van der Waals surface area contributed by atoms with Gasteiger partial charge in [0, 0.05) is 44.8 Å². The van der Waals surface area contributed by atoms with Crippen LogP contribution in [-0.4, -0.2) is 121 Å². The van der Waals surface area contributed by atoms with Gasteiger partial charge in [-0.15, -0.1) is 0 Å². The molecule has 316 valence electrons. The monoisotopic (exact) mass is 823 g/mol. The summed E-state index contributed by atoms with van der Waals surface area (Å²) in [5, 5.41) is 21.6. The van der Waals surface area contributed by atoms with Gasteiger partial charge >= 0.3 is 7.12 Å². The fourth-order valence-corrected chi connectivity index (χ4v) is 9.26. The van der Waals surface area contributed by atoms with Gasteiger partial charge in [0.25, 0.3) is 11.8 Å². The van der Waals surface area contributed by atoms with Crippen LogP contribution in [0.5, 0.6) is 5.75 Å². The molecule has 4 heterocycles. The van der Waals surface area contributed by atoms with Gasteiger partial charge in [-0.1, -0.05) is 73.7 Å². The van der Waals surface area contributed by atoms with Crippen LogP contribution in [0.2, 0.25) is 0 Å². The number of nitrogens with zero attached hydrogens (tertiary/aromatic N) is 4. The van der Waals surface area contributed by atoms with E-state index < -0.39 is 30.9 Å². The number of hydrogen-bond donors (Lipinski definition) is 3. The second kappa shape index (κ2) is 19.0. The van der Waals surface area contributed by atoms with Gasteiger partial charge in [-0.2, -0.15) is 0 Å². The maximum absolute atomic E-state index is 13.3. The molecule has 1 unspecified atom stereocenters. The number of carbonyl (C=O) groups excluding carboxylic acids is 4. The first kappa shape index (κ1) is 42.1. The molecule has 4 aromatic carbocycles. The van der Waals surface area contributed by atoms with Crippen LogP contribution in [0, 0.1) is 5.92 Å². The molecule has 0 aliphatic carbocycles. The first-order chi connectivity index (χ1) is 29.7. The Morgan fingerprint density at radius 3 is 2.03 bits per heavy atom. The van der Waals surface area contributed by atoms with Crippen molar-refractivity contribution in [2.45, 2.75) is 51.5 Å². The highest BCUT2D eigenvalue weighted by Gasteiger charge is 2.45. The number of fused-ring (bicyclic) bond motifs is 1. The van der Waals surface area contributed by atoms with Crippen LogP contribution in [0.25, 0.3) is 11.1 Å². The highest BCUT2D eigenvalue weighted by molar-refractivity contribution is 6.58. The Morgan fingerprint density at radius 1 is 0.721 bits per heavy atom. The summed E-state index contributed by atoms with van der Waals surface area (Å²) >= 11 is 0. The number of carbonyl (C=O) groups is 4. The predicted octanol–water partition coefficient (Wildman–Crippen LogP) is 4.44. The Kier molecular flexibility index (Phi) is 13.1. The Balaban J connectivity index is 0.773. The molecule has 0 radical (unpaired) electrons. The first-order valence-electron chi connectivity index (χ1n) is 21.7. The van der Waals surface area contributed by atoms with E-state index in [0.717, 1.165) is 97.4 Å². The van der Waals surface area contributed by atoms with E-state index in [1.165, 1.54) is 24.8 Å². The summed E-state index contributed by atoms with van der Waals surface area (Å²) in [5.41, 5.74) is 7.56. The number of allylic oxidation sites excluding steroid dienone is 1. The van der Waals surface area contributed by atoms with Crippen LogP contribution >= 0.6 is 0 Å². The molecule has 0 aromatic heterocycles. The highest BCUT2D eigenvalue weighted by Crippen LogP contribution is 2.35. The number of benzene rings is 4. The average Bonchev–Trinajstić information content (AvgIpc) is 3.53. The Bertz CT molecular complexity index is 2250. The number of rotatable bonds is 14. The van der Waals surface area contributed by atoms with Crippen molar-refractivity contribution in [3.8, 4) is 5.75 Å². The third kappa shape index (κ3) is 9.50. The summed E-state index contributed by atoms with van der Waals surface area (Å²) in [6.45, 7) is 10.4. The van der Waals surface area contributed by atoms with E-state index in [9.17, 15) is 29.2 Å². The van der Waals surface area contributed by atoms with Crippen molar-refractivity contribution in [2.24, 2.45) is 5.92 Å². The zero-order valence-electron chi connectivity index (χ0n) is 34.8. The van der Waals surface area contributed by atoms with Gasteiger partial charge in [-0.3, -0.25) is 39.2 Å². The van der Waals surface area contributed by atoms with Crippen LogP contribution in [0.15, 0.2) is 97.1 Å². The molecule has 0 spiro atoms. The number of hydrogen-bond acceptors (Lipinski definition) is 10. The van der Waals surface area contributed by atoms with Crippen molar-refractivity contribution >= 4 is 53.0 Å². The lowest BCUT2D eigenvalue weighted by Crippen LogP contribution is -2.54. The zero-order valence-corrected chi connectivity index (χ0v) is 34.8. The molecule has 1 atom stereocenters. The second-order valence-electron chi connectivity index (χ2n) is 16.5. The van der Waals surface area contributed by atoms with E-state index in [4.69, 9.17) is 4.74 Å². The van der Waals surface area contributed by atoms with Gasteiger partial charge < -0.3 is 19.7 Å². The molecule has 0 bridgehead atoms. The van der Waals surface area contributed by atoms with Crippen molar-refractivity contribution in [1.82, 2.24) is 20.0 Å². The van der Waals surface area contributed by atoms with Gasteiger partial charge in [0.05, 0.1) is 11.1 Å². The minimum absolute atomic E-state index is 0.0992. The van der Waals surface area contributed by atoms with Gasteiger partial charge in [0.15, 0.2) is 0 Å². The fraction of sp³-hybridized carbons (Fsp3) is 0.375. The van der Waals surface area contributed by atoms with Crippen LogP contribution in [0.3, 0.4) is 0 Å². The van der Waals surface area contributed by atoms with Gasteiger partial charge in [0.1, 0.15) is 18.4 Å². The summed E-state index contributed by atoms with van der Waals surface area (Å²) in [6, 6.07) is 30.5. The standard InChI is InChI=1S/C48H54BN5O7/c1-2-40(34-6-4-3-5-7-34)45(35-8-12-37(13-9-35)49(59)60)36-10-15-39(16-11-36)61-31-30-51-23-20-33(21-24-51)22-25-52-26-28-53(29-27-52)38-14-17-41-42(32-38)48(58)54(47(41)57)43-18-19-44(55)50-46(43)56/h3-17,32-33,43,59-60H,2,18-31H2,1H3,(H,50,55,56)/b45-40+. The molecule has 4 amide bonds. The van der Waals surface area contributed by atoms with Crippen LogP contribution in [0.1, 0.15) is 82.9 Å². The lowest BCUT2D eigenvalue weighted by molar-refractivity contribution is -0.136. The van der Waals surface area contributed by atoms with Crippen molar-refractivity contribution in [3.63, 3.8) is 0 Å². The second-order valence-corrected chi connectivity index (χ2v) is 16.5. The highest BCUT2D eigenvalue weighted by atomic mass is 16.5. The first-order valence-corrected chi connectivity index (χ1v) is 21.7. The van der Waals surface area contributed by atoms with E-state index in [1.54, 1.807) is 24.3 Å². The summed E-state index contributed by atoms with van der Waals surface area (Å²) < 4.78 is 6.24. The maximum atomic E-state index is 13.3. The van der Waals surface area contributed by atoms with Gasteiger partial charge in [-0.05, 0) is 121 Å². The fourth-order valence-electron chi connectivity index (χ4n) is 9.26. The number of likely N-dealkylation sites (tertiary alicyclic amines) is 1. The van der Waals surface area contributed by atoms with Gasteiger partial charge in [-0.25, -0.2) is 0 Å². The predicted molar refractivity (Wildman–Crippen MR) is 236 cm³/mol. The third-order valence-electron chi connectivity index (χ3n) is 12.8. The molecule has 61 heavy (non-hydrogen) atoms. The lowest BCUT2D eigenvalue weighted by Gasteiger charge is -2.37. The molecule has 0 saturated carbocycles. The molecule has 3 saturated heterocycles. The third-order valence-corrected chi connectivity index (χ3v) is 12.8. The smallest absolute Gasteiger partial charge is 0.488 e. The molecule has 13 heteroatoms. The van der Waals surface area contributed by atoms with Crippen molar-refractivity contribution in [2.75, 3.05) is 63.9 Å². The lowest BCUT2D eigenvalue weighted by atomic mass is 9.79. The van der Waals surface area contributed by atoms with E-state index in [-0.39, 0.29) is 18.7 Å². The number of piperidine rings is 2. The van der Waals surface area contributed by atoms with Crippen LogP contribution in [-0.2, 0) is 9.59 Å². The topological polar surface area (TPSA) is 143 Å². The minimum atomic E-state index is -1.51. The van der Waals surface area contributed by atoms with Crippen LogP contribution in [0.4, 0.5) is 5.69 Å². The normalized spacial score (nSPS) is 19.5. The molecule has 4 aliphatic rings. The number of ether oxygens (including phenoxy) is 1. The number of piperazine rings is 1. The van der Waals surface area contributed by atoms with E-state index in [0.29, 0.717) is 29.1 Å². The average molecular weight is 824 g/mol. The molecule has 4 aromatic rings. The van der Waals surface area contributed by atoms with Crippen molar-refractivity contribution in [3.05, 3.63) is 125 Å². The maximum Gasteiger partial charge on any atom is 0.488 e. The Hall–Kier alpha value is -5.60. The SMILES string of the molecule is CC/C(=C(\c1ccc(OCCN2CCC(CCN3CCN(c4ccc5c(c4)C(=O)N(C4CCC(=O)NC4=O)C5=O)CC3)CC2)cc1)c1ccc(B(O)O)cc1)c1ccccc1. The number of amides is 4. The van der Waals surface area contributed by atoms with E-state index in [2.05, 4.69) is 63.3 Å². The summed E-state index contributed by atoms with van der Waals surface area (Å²) in [4.78, 5) is 58.8. The molecule has 3 fully saturated rings. The number of imide groups is 2. The van der Waals surface area contributed by atoms with E-state index in [1.807, 2.05) is 36.4 Å². The molecular weight excluding hydrogens is 769 g/mol. The Morgan fingerprint density at radius 2 is 1.38 bits per heavy atom. The molecular formula is C48H54BN5O7. The molecule has 3 N–H and O–H groups in total.